The molecule has 0 fully saturated rings. The zero-order chi connectivity index (χ0) is 16.2. The van der Waals surface area contributed by atoms with Crippen molar-refractivity contribution in [2.24, 2.45) is 0 Å². The summed E-state index contributed by atoms with van der Waals surface area (Å²) in [6, 6.07) is 18.2. The van der Waals surface area contributed by atoms with E-state index >= 15 is 0 Å². The van der Waals surface area contributed by atoms with Gasteiger partial charge in [0.05, 0.1) is 11.6 Å². The normalized spacial score (nSPS) is 10.9. The highest BCUT2D eigenvalue weighted by Gasteiger charge is 2.09. The Kier molecular flexibility index (Phi) is 5.21. The minimum Gasteiger partial charge on any atom is -0.460 e. The van der Waals surface area contributed by atoms with Gasteiger partial charge in [0.2, 0.25) is 0 Å². The maximum absolute atomic E-state index is 6.26. The van der Waals surface area contributed by atoms with Crippen molar-refractivity contribution in [2.75, 3.05) is 0 Å². The fourth-order valence-corrected chi connectivity index (χ4v) is 3.11. The van der Waals surface area contributed by atoms with Gasteiger partial charge in [-0.1, -0.05) is 57.4 Å². The summed E-state index contributed by atoms with van der Waals surface area (Å²) in [7, 11) is 0. The third-order valence-corrected chi connectivity index (χ3v) is 4.41. The molecule has 0 atom stereocenters. The Morgan fingerprint density at radius 3 is 2.52 bits per heavy atom. The van der Waals surface area contributed by atoms with E-state index in [0.717, 1.165) is 28.1 Å². The molecule has 0 amide bonds. The van der Waals surface area contributed by atoms with Crippen molar-refractivity contribution in [2.45, 2.75) is 20.0 Å². The van der Waals surface area contributed by atoms with Crippen LogP contribution in [0.4, 0.5) is 0 Å². The Hall–Kier alpha value is -1.55. The highest BCUT2D eigenvalue weighted by molar-refractivity contribution is 9.10. The van der Waals surface area contributed by atoms with E-state index in [1.165, 1.54) is 11.1 Å². The molecule has 2 aromatic carbocycles. The lowest BCUT2D eigenvalue weighted by atomic mass is 10.1. The Balaban J connectivity index is 1.62. The third kappa shape index (κ3) is 4.25. The molecule has 0 saturated heterocycles. The van der Waals surface area contributed by atoms with Crippen LogP contribution in [0, 0.1) is 6.92 Å². The molecule has 0 saturated carbocycles. The molecule has 1 heterocycles. The van der Waals surface area contributed by atoms with E-state index < -0.39 is 0 Å². The second-order valence-electron chi connectivity index (χ2n) is 5.48. The number of furan rings is 1. The summed E-state index contributed by atoms with van der Waals surface area (Å²) in [5, 5.41) is 4.07. The number of halogens is 2. The van der Waals surface area contributed by atoms with Gasteiger partial charge < -0.3 is 9.73 Å². The number of rotatable bonds is 5. The molecule has 3 aromatic rings. The lowest BCUT2D eigenvalue weighted by Crippen LogP contribution is -2.11. The zero-order valence-corrected chi connectivity index (χ0v) is 15.1. The van der Waals surface area contributed by atoms with E-state index in [2.05, 4.69) is 52.4 Å². The Bertz CT molecular complexity index is 795. The monoisotopic (exact) mass is 389 g/mol. The molecule has 3 rings (SSSR count). The van der Waals surface area contributed by atoms with Gasteiger partial charge in [0.1, 0.15) is 11.5 Å². The zero-order valence-electron chi connectivity index (χ0n) is 12.8. The number of benzene rings is 2. The van der Waals surface area contributed by atoms with E-state index in [4.69, 9.17) is 16.0 Å². The number of hydrogen-bond donors (Lipinski definition) is 1. The molecule has 1 N–H and O–H groups in total. The van der Waals surface area contributed by atoms with E-state index in [-0.39, 0.29) is 0 Å². The summed E-state index contributed by atoms with van der Waals surface area (Å²) in [5.74, 6) is 1.68. The van der Waals surface area contributed by atoms with Crippen LogP contribution >= 0.6 is 27.5 Å². The topological polar surface area (TPSA) is 25.2 Å². The summed E-state index contributed by atoms with van der Waals surface area (Å²) in [5.41, 5.74) is 3.44. The van der Waals surface area contributed by atoms with Crippen molar-refractivity contribution in [3.8, 4) is 11.3 Å². The molecular formula is C19H17BrClNO. The van der Waals surface area contributed by atoms with Gasteiger partial charge in [-0.05, 0) is 42.8 Å². The first kappa shape index (κ1) is 16.3. The Labute approximate surface area is 149 Å². The van der Waals surface area contributed by atoms with Crippen molar-refractivity contribution >= 4 is 27.5 Å². The van der Waals surface area contributed by atoms with E-state index in [1.807, 2.05) is 30.3 Å². The molecule has 0 bridgehead atoms. The number of hydrogen-bond acceptors (Lipinski definition) is 2. The summed E-state index contributed by atoms with van der Waals surface area (Å²) in [6.45, 7) is 3.59. The summed E-state index contributed by atoms with van der Waals surface area (Å²) < 4.78 is 6.84. The molecule has 0 aliphatic heterocycles. The van der Waals surface area contributed by atoms with Crippen LogP contribution in [0.1, 0.15) is 16.9 Å². The smallest absolute Gasteiger partial charge is 0.135 e. The molecule has 0 aliphatic rings. The van der Waals surface area contributed by atoms with Crippen LogP contribution in [-0.4, -0.2) is 0 Å². The lowest BCUT2D eigenvalue weighted by molar-refractivity contribution is 0.493. The first-order valence-electron chi connectivity index (χ1n) is 7.42. The number of aryl methyl sites for hydroxylation is 1. The van der Waals surface area contributed by atoms with Gasteiger partial charge in [-0.2, -0.15) is 0 Å². The fourth-order valence-electron chi connectivity index (χ4n) is 2.34. The van der Waals surface area contributed by atoms with Crippen LogP contribution in [0.3, 0.4) is 0 Å². The van der Waals surface area contributed by atoms with Crippen molar-refractivity contribution < 1.29 is 4.42 Å². The molecule has 4 heteroatoms. The lowest BCUT2D eigenvalue weighted by Gasteiger charge is -2.04. The highest BCUT2D eigenvalue weighted by Crippen LogP contribution is 2.31. The third-order valence-electron chi connectivity index (χ3n) is 3.61. The van der Waals surface area contributed by atoms with E-state index in [9.17, 15) is 0 Å². The van der Waals surface area contributed by atoms with E-state index in [1.54, 1.807) is 0 Å². The van der Waals surface area contributed by atoms with Gasteiger partial charge in [-0.25, -0.2) is 0 Å². The second-order valence-corrected chi connectivity index (χ2v) is 6.80. The average Bonchev–Trinajstić information content (AvgIpc) is 2.98. The molecule has 23 heavy (non-hydrogen) atoms. The fraction of sp³-hybridized carbons (Fsp3) is 0.158. The van der Waals surface area contributed by atoms with Gasteiger partial charge in [-0.15, -0.1) is 0 Å². The predicted octanol–water partition coefficient (Wildman–Crippen LogP) is 5.96. The standard InChI is InChI=1S/C19H17BrClNO/c1-13-2-4-14(5-3-13)11-22-12-16-7-9-19(23-16)17-8-6-15(20)10-18(17)21/h2-10,22H,11-12H2,1H3. The minimum absolute atomic E-state index is 0.674. The van der Waals surface area contributed by atoms with Crippen LogP contribution < -0.4 is 5.32 Å². The highest BCUT2D eigenvalue weighted by atomic mass is 79.9. The maximum Gasteiger partial charge on any atom is 0.135 e. The molecule has 2 nitrogen and oxygen atoms in total. The van der Waals surface area contributed by atoms with Crippen LogP contribution in [0.15, 0.2) is 63.5 Å². The molecule has 0 spiro atoms. The Morgan fingerprint density at radius 1 is 1.00 bits per heavy atom. The van der Waals surface area contributed by atoms with Crippen molar-refractivity contribution in [1.29, 1.82) is 0 Å². The molecule has 0 unspecified atom stereocenters. The van der Waals surface area contributed by atoms with E-state index in [0.29, 0.717) is 11.6 Å². The minimum atomic E-state index is 0.674. The summed E-state index contributed by atoms with van der Waals surface area (Å²) in [6.07, 6.45) is 0. The van der Waals surface area contributed by atoms with Crippen LogP contribution in [0.5, 0.6) is 0 Å². The first-order valence-corrected chi connectivity index (χ1v) is 8.59. The molecular weight excluding hydrogens is 374 g/mol. The molecule has 0 radical (unpaired) electrons. The first-order chi connectivity index (χ1) is 11.1. The van der Waals surface area contributed by atoms with Crippen molar-refractivity contribution in [3.63, 3.8) is 0 Å². The number of nitrogens with one attached hydrogen (secondary N) is 1. The Morgan fingerprint density at radius 2 is 1.78 bits per heavy atom. The average molecular weight is 391 g/mol. The van der Waals surface area contributed by atoms with Gasteiger partial charge in [-0.3, -0.25) is 0 Å². The van der Waals surface area contributed by atoms with Crippen LogP contribution in [0.2, 0.25) is 5.02 Å². The van der Waals surface area contributed by atoms with Gasteiger partial charge in [0.15, 0.2) is 0 Å². The summed E-state index contributed by atoms with van der Waals surface area (Å²) >= 11 is 9.67. The van der Waals surface area contributed by atoms with Gasteiger partial charge >= 0.3 is 0 Å². The summed E-state index contributed by atoms with van der Waals surface area (Å²) in [4.78, 5) is 0. The molecule has 0 aliphatic carbocycles. The quantitative estimate of drug-likeness (QED) is 0.581. The SMILES string of the molecule is Cc1ccc(CNCc2ccc(-c3ccc(Br)cc3Cl)o2)cc1. The van der Waals surface area contributed by atoms with Crippen LogP contribution in [-0.2, 0) is 13.1 Å². The predicted molar refractivity (Wildman–Crippen MR) is 98.6 cm³/mol. The van der Waals surface area contributed by atoms with Crippen molar-refractivity contribution in [1.82, 2.24) is 5.32 Å². The van der Waals surface area contributed by atoms with Crippen LogP contribution in [0.25, 0.3) is 11.3 Å². The molecule has 118 valence electrons. The maximum atomic E-state index is 6.26. The second kappa shape index (κ2) is 7.35. The van der Waals surface area contributed by atoms with Gasteiger partial charge in [0.25, 0.3) is 0 Å². The molecule has 1 aromatic heterocycles. The van der Waals surface area contributed by atoms with Gasteiger partial charge in [0, 0.05) is 16.6 Å². The van der Waals surface area contributed by atoms with Crippen molar-refractivity contribution in [3.05, 3.63) is 81.0 Å². The largest absolute Gasteiger partial charge is 0.460 e.